The Balaban J connectivity index is 0.00000128. The van der Waals surface area contributed by atoms with Gasteiger partial charge in [0.25, 0.3) is 0 Å². The zero-order valence-corrected chi connectivity index (χ0v) is 21.1. The number of benzene rings is 2. The first-order valence-electron chi connectivity index (χ1n) is 11.1. The molecule has 1 fully saturated rings. The van der Waals surface area contributed by atoms with Crippen molar-refractivity contribution in [3.63, 3.8) is 0 Å². The summed E-state index contributed by atoms with van der Waals surface area (Å²) in [6.07, 6.45) is 8.60. The third-order valence-corrected chi connectivity index (χ3v) is 6.45. The quantitative estimate of drug-likeness (QED) is 0.443. The molecule has 1 unspecified atom stereocenters. The van der Waals surface area contributed by atoms with Gasteiger partial charge in [0.15, 0.2) is 0 Å². The molecule has 1 saturated heterocycles. The van der Waals surface area contributed by atoms with Crippen LogP contribution in [0.4, 0.5) is 0 Å². The molecule has 2 aromatic carbocycles. The smallest absolute Gasteiger partial charge is 0.0623 e. The molecule has 2 heterocycles. The second-order valence-electron chi connectivity index (χ2n) is 8.29. The van der Waals surface area contributed by atoms with Crippen molar-refractivity contribution in [1.29, 1.82) is 0 Å². The van der Waals surface area contributed by atoms with Crippen molar-refractivity contribution in [2.45, 2.75) is 18.9 Å². The van der Waals surface area contributed by atoms with Gasteiger partial charge in [-0.2, -0.15) is 0 Å². The Morgan fingerprint density at radius 3 is 2.24 bits per heavy atom. The number of nitrogens with zero attached hydrogens (tertiary/aromatic N) is 3. The van der Waals surface area contributed by atoms with E-state index in [-0.39, 0.29) is 37.2 Å². The molecule has 0 amide bonds. The molecule has 0 N–H and O–H groups in total. The highest BCUT2D eigenvalue weighted by atomic mass is 35.5. The third kappa shape index (κ3) is 6.38. The number of piperazine rings is 1. The SMILES string of the molecule is C(=Cc1ccccc1)CN1CCN(C2c3ccccc3CCc3ncccc32)CC1.Cl.Cl.Cl. The Morgan fingerprint density at radius 1 is 0.758 bits per heavy atom. The second-order valence-corrected chi connectivity index (χ2v) is 8.29. The van der Waals surface area contributed by atoms with Gasteiger partial charge in [0, 0.05) is 44.6 Å². The number of hydrogen-bond acceptors (Lipinski definition) is 3. The summed E-state index contributed by atoms with van der Waals surface area (Å²) in [5, 5.41) is 0. The van der Waals surface area contributed by atoms with Crippen LogP contribution >= 0.6 is 37.2 Å². The molecule has 1 aromatic heterocycles. The number of fused-ring (bicyclic) bond motifs is 2. The number of rotatable bonds is 4. The van der Waals surface area contributed by atoms with E-state index in [0.29, 0.717) is 6.04 Å². The first kappa shape index (κ1) is 27.4. The summed E-state index contributed by atoms with van der Waals surface area (Å²) in [6.45, 7) is 5.40. The van der Waals surface area contributed by atoms with Crippen LogP contribution in [-0.2, 0) is 12.8 Å². The van der Waals surface area contributed by atoms with Crippen molar-refractivity contribution < 1.29 is 0 Å². The van der Waals surface area contributed by atoms with Gasteiger partial charge in [-0.15, -0.1) is 37.2 Å². The minimum Gasteiger partial charge on any atom is -0.297 e. The van der Waals surface area contributed by atoms with Crippen molar-refractivity contribution in [2.75, 3.05) is 32.7 Å². The third-order valence-electron chi connectivity index (χ3n) is 6.45. The van der Waals surface area contributed by atoms with Gasteiger partial charge in [0.05, 0.1) is 6.04 Å². The average molecular weight is 505 g/mol. The summed E-state index contributed by atoms with van der Waals surface area (Å²) in [5.41, 5.74) is 6.90. The number of halogens is 3. The van der Waals surface area contributed by atoms with E-state index in [0.717, 1.165) is 45.6 Å². The fourth-order valence-electron chi connectivity index (χ4n) is 4.86. The first-order valence-corrected chi connectivity index (χ1v) is 11.1. The van der Waals surface area contributed by atoms with E-state index in [1.54, 1.807) is 0 Å². The van der Waals surface area contributed by atoms with Crippen LogP contribution in [0, 0.1) is 0 Å². The highest BCUT2D eigenvalue weighted by Crippen LogP contribution is 2.36. The van der Waals surface area contributed by atoms with Gasteiger partial charge in [0.1, 0.15) is 0 Å². The van der Waals surface area contributed by atoms with E-state index in [9.17, 15) is 0 Å². The number of hydrogen-bond donors (Lipinski definition) is 0. The fourth-order valence-corrected chi connectivity index (χ4v) is 4.86. The zero-order chi connectivity index (χ0) is 20.2. The summed E-state index contributed by atoms with van der Waals surface area (Å²) in [4.78, 5) is 9.97. The van der Waals surface area contributed by atoms with Gasteiger partial charge in [-0.25, -0.2) is 0 Å². The molecule has 1 atom stereocenters. The molecular weight excluding hydrogens is 473 g/mol. The molecule has 2 aliphatic rings. The Bertz CT molecular complexity index is 970. The van der Waals surface area contributed by atoms with Crippen LogP contribution in [0.2, 0.25) is 0 Å². The van der Waals surface area contributed by atoms with E-state index < -0.39 is 0 Å². The number of pyridine rings is 1. The molecule has 0 spiro atoms. The van der Waals surface area contributed by atoms with Crippen LogP contribution in [-0.4, -0.2) is 47.5 Å². The Morgan fingerprint density at radius 2 is 1.45 bits per heavy atom. The molecule has 176 valence electrons. The molecule has 0 saturated carbocycles. The maximum Gasteiger partial charge on any atom is 0.0623 e. The van der Waals surface area contributed by atoms with E-state index in [1.807, 2.05) is 6.20 Å². The van der Waals surface area contributed by atoms with Crippen LogP contribution in [0.3, 0.4) is 0 Å². The van der Waals surface area contributed by atoms with Crippen molar-refractivity contribution in [2.24, 2.45) is 0 Å². The minimum atomic E-state index is 0. The highest BCUT2D eigenvalue weighted by molar-refractivity contribution is 5.86. The van der Waals surface area contributed by atoms with Gasteiger partial charge in [-0.05, 0) is 41.2 Å². The predicted octanol–water partition coefficient (Wildman–Crippen LogP) is 5.87. The largest absolute Gasteiger partial charge is 0.297 e. The average Bonchev–Trinajstić information content (AvgIpc) is 2.97. The monoisotopic (exact) mass is 503 g/mol. The molecule has 33 heavy (non-hydrogen) atoms. The second kappa shape index (κ2) is 13.1. The molecule has 5 rings (SSSR count). The van der Waals surface area contributed by atoms with E-state index in [2.05, 4.69) is 88.7 Å². The summed E-state index contributed by atoms with van der Waals surface area (Å²) < 4.78 is 0. The van der Waals surface area contributed by atoms with Crippen LogP contribution in [0.25, 0.3) is 6.08 Å². The van der Waals surface area contributed by atoms with Gasteiger partial charge in [0.2, 0.25) is 0 Å². The van der Waals surface area contributed by atoms with E-state index >= 15 is 0 Å². The lowest BCUT2D eigenvalue weighted by Gasteiger charge is -2.39. The lowest BCUT2D eigenvalue weighted by Crippen LogP contribution is -2.47. The summed E-state index contributed by atoms with van der Waals surface area (Å²) in [6, 6.07) is 24.3. The fraction of sp³-hybridized carbons (Fsp3) is 0.296. The summed E-state index contributed by atoms with van der Waals surface area (Å²) in [5.74, 6) is 0. The van der Waals surface area contributed by atoms with Crippen LogP contribution in [0.5, 0.6) is 0 Å². The van der Waals surface area contributed by atoms with Crippen molar-refractivity contribution >= 4 is 43.3 Å². The summed E-state index contributed by atoms with van der Waals surface area (Å²) in [7, 11) is 0. The van der Waals surface area contributed by atoms with Crippen LogP contribution < -0.4 is 0 Å². The summed E-state index contributed by atoms with van der Waals surface area (Å²) >= 11 is 0. The van der Waals surface area contributed by atoms with Crippen LogP contribution in [0.1, 0.15) is 34.0 Å². The van der Waals surface area contributed by atoms with Gasteiger partial charge < -0.3 is 0 Å². The Hall–Kier alpha value is -1.88. The maximum atomic E-state index is 4.75. The minimum absolute atomic E-state index is 0. The van der Waals surface area contributed by atoms with E-state index in [4.69, 9.17) is 4.98 Å². The lowest BCUT2D eigenvalue weighted by atomic mass is 9.94. The molecule has 1 aliphatic carbocycles. The molecule has 3 aromatic rings. The van der Waals surface area contributed by atoms with Crippen molar-refractivity contribution in [3.8, 4) is 0 Å². The molecule has 0 radical (unpaired) electrons. The van der Waals surface area contributed by atoms with Crippen molar-refractivity contribution in [3.05, 3.63) is 107 Å². The predicted molar refractivity (Wildman–Crippen MR) is 145 cm³/mol. The molecule has 0 bridgehead atoms. The highest BCUT2D eigenvalue weighted by Gasteiger charge is 2.31. The van der Waals surface area contributed by atoms with Gasteiger partial charge in [-0.3, -0.25) is 14.8 Å². The maximum absolute atomic E-state index is 4.75. The zero-order valence-electron chi connectivity index (χ0n) is 18.7. The van der Waals surface area contributed by atoms with Crippen molar-refractivity contribution in [1.82, 2.24) is 14.8 Å². The first-order chi connectivity index (χ1) is 14.9. The van der Waals surface area contributed by atoms with E-state index in [1.165, 1.54) is 27.9 Å². The topological polar surface area (TPSA) is 19.4 Å². The Labute approximate surface area is 216 Å². The number of aryl methyl sites for hydroxylation is 2. The standard InChI is InChI=1S/C27H29N3.3ClH/c1-2-8-22(9-3-1)10-7-17-29-18-20-30(21-19-29)27-24-12-5-4-11-23(24)14-15-26-25(27)13-6-16-28-26;;;/h1-13,16,27H,14-15,17-21H2;3*1H. The van der Waals surface area contributed by atoms with Gasteiger partial charge in [-0.1, -0.05) is 72.8 Å². The molecule has 6 heteroatoms. The Kier molecular flexibility index (Phi) is 10.9. The molecule has 1 aliphatic heterocycles. The molecular formula is C27H32Cl3N3. The molecule has 3 nitrogen and oxygen atoms in total. The lowest BCUT2D eigenvalue weighted by molar-refractivity contribution is 0.117. The number of aromatic nitrogens is 1. The normalized spacial score (nSPS) is 18.1. The van der Waals surface area contributed by atoms with Crippen LogP contribution in [0.15, 0.2) is 79.0 Å². The van der Waals surface area contributed by atoms with Gasteiger partial charge >= 0.3 is 0 Å².